The predicted molar refractivity (Wildman–Crippen MR) is 68.8 cm³/mol. The van der Waals surface area contributed by atoms with Gasteiger partial charge in [-0.1, -0.05) is 12.1 Å². The number of methoxy groups -OCH3 is 1. The monoisotopic (exact) mass is 242 g/mol. The van der Waals surface area contributed by atoms with Crippen LogP contribution < -0.4 is 21.4 Å². The largest absolute Gasteiger partial charge is 0.497 e. The Labute approximate surface area is 104 Å². The van der Waals surface area contributed by atoms with Gasteiger partial charge in [0.15, 0.2) is 0 Å². The molecule has 0 unspecified atom stereocenters. The minimum atomic E-state index is -0.564. The standard InChI is InChI=1S/C12H11BN2O3/c1-18-9-4-2-8(3-5-9)6-15-7-10(13)11(16)14-12(15)17/h2-5,7H,6H2,1H3,(H,14,16,17). The predicted octanol–water partition coefficient (Wildman–Crippen LogP) is -0.613. The Kier molecular flexibility index (Phi) is 3.37. The first kappa shape index (κ1) is 12.2. The quantitative estimate of drug-likeness (QED) is 0.730. The summed E-state index contributed by atoms with van der Waals surface area (Å²) in [5.74, 6) is 0.743. The van der Waals surface area contributed by atoms with Crippen LogP contribution in [-0.2, 0) is 6.54 Å². The normalized spacial score (nSPS) is 10.3. The molecule has 6 heteroatoms. The Morgan fingerprint density at radius 1 is 1.28 bits per heavy atom. The molecule has 18 heavy (non-hydrogen) atoms. The SMILES string of the molecule is [B]c1cn(Cc2ccc(OC)cc2)c(=O)[nH]c1=O. The van der Waals surface area contributed by atoms with E-state index >= 15 is 0 Å². The lowest BCUT2D eigenvalue weighted by molar-refractivity contribution is 0.414. The van der Waals surface area contributed by atoms with Crippen molar-refractivity contribution in [1.29, 1.82) is 0 Å². The highest BCUT2D eigenvalue weighted by Crippen LogP contribution is 2.11. The van der Waals surface area contributed by atoms with Crippen molar-refractivity contribution in [3.8, 4) is 5.75 Å². The molecule has 2 rings (SSSR count). The highest BCUT2D eigenvalue weighted by molar-refractivity contribution is 6.31. The average molecular weight is 242 g/mol. The molecule has 1 N–H and O–H groups in total. The fraction of sp³-hybridized carbons (Fsp3) is 0.167. The maximum absolute atomic E-state index is 11.5. The van der Waals surface area contributed by atoms with Gasteiger partial charge in [0.05, 0.1) is 13.7 Å². The van der Waals surface area contributed by atoms with Crippen LogP contribution >= 0.6 is 0 Å². The highest BCUT2D eigenvalue weighted by Gasteiger charge is 2.01. The minimum absolute atomic E-state index is 0.0168. The number of ether oxygens (including phenoxy) is 1. The first-order valence-electron chi connectivity index (χ1n) is 5.32. The van der Waals surface area contributed by atoms with E-state index in [1.165, 1.54) is 10.8 Å². The molecule has 1 aromatic heterocycles. The summed E-state index contributed by atoms with van der Waals surface area (Å²) in [5, 5.41) is 0. The van der Waals surface area contributed by atoms with E-state index in [1.54, 1.807) is 19.2 Å². The molecule has 0 aliphatic heterocycles. The van der Waals surface area contributed by atoms with Gasteiger partial charge in [0.2, 0.25) is 5.56 Å². The summed E-state index contributed by atoms with van der Waals surface area (Å²) in [6.45, 7) is 0.337. The fourth-order valence-corrected chi connectivity index (χ4v) is 1.57. The summed E-state index contributed by atoms with van der Waals surface area (Å²) in [6, 6.07) is 7.28. The summed E-state index contributed by atoms with van der Waals surface area (Å²) in [7, 11) is 7.05. The second-order valence-electron chi connectivity index (χ2n) is 3.82. The first-order chi connectivity index (χ1) is 8.60. The molecule has 1 aromatic carbocycles. The third kappa shape index (κ3) is 2.53. The Balaban J connectivity index is 2.31. The molecule has 1 heterocycles. The van der Waals surface area contributed by atoms with Crippen LogP contribution in [0.3, 0.4) is 0 Å². The van der Waals surface area contributed by atoms with Gasteiger partial charge in [0, 0.05) is 6.20 Å². The number of H-pyrrole nitrogens is 1. The number of aromatic nitrogens is 2. The molecular weight excluding hydrogens is 231 g/mol. The van der Waals surface area contributed by atoms with Crippen molar-refractivity contribution in [2.24, 2.45) is 0 Å². The molecule has 0 amide bonds. The summed E-state index contributed by atoms with van der Waals surface area (Å²) >= 11 is 0. The minimum Gasteiger partial charge on any atom is -0.497 e. The molecule has 5 nitrogen and oxygen atoms in total. The van der Waals surface area contributed by atoms with Gasteiger partial charge in [-0.15, -0.1) is 0 Å². The lowest BCUT2D eigenvalue weighted by atomic mass is 10.0. The second-order valence-corrected chi connectivity index (χ2v) is 3.82. The third-order valence-electron chi connectivity index (χ3n) is 2.55. The van der Waals surface area contributed by atoms with Gasteiger partial charge in [0.1, 0.15) is 13.6 Å². The molecule has 0 saturated heterocycles. The molecule has 0 atom stereocenters. The van der Waals surface area contributed by atoms with E-state index in [1.807, 2.05) is 12.1 Å². The van der Waals surface area contributed by atoms with Gasteiger partial charge in [-0.2, -0.15) is 0 Å². The lowest BCUT2D eigenvalue weighted by Gasteiger charge is -2.07. The van der Waals surface area contributed by atoms with Crippen molar-refractivity contribution >= 4 is 13.3 Å². The van der Waals surface area contributed by atoms with E-state index in [4.69, 9.17) is 12.6 Å². The van der Waals surface area contributed by atoms with E-state index < -0.39 is 11.2 Å². The molecule has 2 aromatic rings. The summed E-state index contributed by atoms with van der Waals surface area (Å²) < 4.78 is 6.39. The maximum Gasteiger partial charge on any atom is 0.328 e. The Bertz CT molecular complexity index is 658. The van der Waals surface area contributed by atoms with Crippen LogP contribution in [0.4, 0.5) is 0 Å². The van der Waals surface area contributed by atoms with Gasteiger partial charge in [-0.25, -0.2) is 4.79 Å². The molecule has 90 valence electrons. The zero-order valence-corrected chi connectivity index (χ0v) is 9.84. The second kappa shape index (κ2) is 4.95. The molecule has 2 radical (unpaired) electrons. The van der Waals surface area contributed by atoms with E-state index in [0.29, 0.717) is 6.54 Å². The Morgan fingerprint density at radius 3 is 2.56 bits per heavy atom. The van der Waals surface area contributed by atoms with E-state index in [9.17, 15) is 9.59 Å². The van der Waals surface area contributed by atoms with Crippen LogP contribution in [0.5, 0.6) is 5.75 Å². The van der Waals surface area contributed by atoms with Crippen molar-refractivity contribution in [2.45, 2.75) is 6.54 Å². The molecule has 0 spiro atoms. The number of rotatable bonds is 3. The maximum atomic E-state index is 11.5. The molecular formula is C12H11BN2O3. The first-order valence-corrected chi connectivity index (χ1v) is 5.32. The number of benzene rings is 1. The average Bonchev–Trinajstić information content (AvgIpc) is 2.37. The topological polar surface area (TPSA) is 64.1 Å². The number of aromatic amines is 1. The molecule has 0 saturated carbocycles. The van der Waals surface area contributed by atoms with Crippen LogP contribution in [-0.4, -0.2) is 24.5 Å². The van der Waals surface area contributed by atoms with Gasteiger partial charge >= 0.3 is 5.69 Å². The van der Waals surface area contributed by atoms with Crippen LogP contribution in [0.2, 0.25) is 0 Å². The highest BCUT2D eigenvalue weighted by atomic mass is 16.5. The number of nitrogens with zero attached hydrogens (tertiary/aromatic N) is 1. The summed E-state index contributed by atoms with van der Waals surface area (Å²) in [6.07, 6.45) is 1.34. The lowest BCUT2D eigenvalue weighted by Crippen LogP contribution is -2.39. The van der Waals surface area contributed by atoms with Crippen molar-refractivity contribution in [3.05, 3.63) is 56.9 Å². The van der Waals surface area contributed by atoms with Crippen molar-refractivity contribution in [2.75, 3.05) is 7.11 Å². The smallest absolute Gasteiger partial charge is 0.328 e. The zero-order valence-electron chi connectivity index (χ0n) is 9.84. The molecule has 0 aliphatic carbocycles. The number of hydrogen-bond acceptors (Lipinski definition) is 3. The van der Waals surface area contributed by atoms with Crippen LogP contribution in [0.25, 0.3) is 0 Å². The Hall–Kier alpha value is -2.24. The van der Waals surface area contributed by atoms with Crippen LogP contribution in [0.1, 0.15) is 5.56 Å². The van der Waals surface area contributed by atoms with E-state index in [-0.39, 0.29) is 5.46 Å². The number of hydrogen-bond donors (Lipinski definition) is 1. The van der Waals surface area contributed by atoms with Gasteiger partial charge < -0.3 is 4.74 Å². The fourth-order valence-electron chi connectivity index (χ4n) is 1.57. The Morgan fingerprint density at radius 2 is 1.94 bits per heavy atom. The third-order valence-corrected chi connectivity index (χ3v) is 2.55. The number of nitrogens with one attached hydrogen (secondary N) is 1. The van der Waals surface area contributed by atoms with Gasteiger partial charge in [-0.05, 0) is 23.2 Å². The molecule has 0 fully saturated rings. The van der Waals surface area contributed by atoms with Crippen LogP contribution in [0.15, 0.2) is 40.1 Å². The van der Waals surface area contributed by atoms with Gasteiger partial charge in [0.25, 0.3) is 0 Å². The van der Waals surface area contributed by atoms with Crippen LogP contribution in [0, 0.1) is 0 Å². The summed E-state index contributed by atoms with van der Waals surface area (Å²) in [4.78, 5) is 24.8. The van der Waals surface area contributed by atoms with Crippen molar-refractivity contribution in [3.63, 3.8) is 0 Å². The van der Waals surface area contributed by atoms with E-state index in [0.717, 1.165) is 11.3 Å². The van der Waals surface area contributed by atoms with Crippen molar-refractivity contribution < 1.29 is 4.74 Å². The summed E-state index contributed by atoms with van der Waals surface area (Å²) in [5.41, 5.74) is -0.122. The molecule has 0 aliphatic rings. The zero-order chi connectivity index (χ0) is 13.1. The van der Waals surface area contributed by atoms with Crippen molar-refractivity contribution in [1.82, 2.24) is 9.55 Å². The molecule has 0 bridgehead atoms. The van der Waals surface area contributed by atoms with Gasteiger partial charge in [-0.3, -0.25) is 14.3 Å². The van der Waals surface area contributed by atoms with E-state index in [2.05, 4.69) is 4.98 Å².